The number of carbonyl (C=O) groups is 1. The van der Waals surface area contributed by atoms with Crippen molar-refractivity contribution in [2.75, 3.05) is 16.4 Å². The van der Waals surface area contributed by atoms with Crippen LogP contribution in [0.15, 0.2) is 85.3 Å². The monoisotopic (exact) mass is 421 g/mol. The van der Waals surface area contributed by atoms with Crippen LogP contribution in [-0.2, 0) is 0 Å². The van der Waals surface area contributed by atoms with E-state index in [1.165, 1.54) is 0 Å². The van der Waals surface area contributed by atoms with Gasteiger partial charge in [-0.3, -0.25) is 9.78 Å². The van der Waals surface area contributed by atoms with Gasteiger partial charge >= 0.3 is 0 Å². The number of hydrogen-bond donors (Lipinski definition) is 4. The molecule has 8 heteroatoms. The number of amides is 1. The van der Waals surface area contributed by atoms with E-state index in [1.807, 2.05) is 48.5 Å². The highest BCUT2D eigenvalue weighted by molar-refractivity contribution is 6.07. The van der Waals surface area contributed by atoms with Crippen molar-refractivity contribution in [2.24, 2.45) is 0 Å². The van der Waals surface area contributed by atoms with Crippen molar-refractivity contribution in [3.8, 4) is 11.3 Å². The number of nitrogens with zero attached hydrogens (tertiary/aromatic N) is 3. The summed E-state index contributed by atoms with van der Waals surface area (Å²) >= 11 is 0. The summed E-state index contributed by atoms with van der Waals surface area (Å²) in [6.07, 6.45) is 5.18. The van der Waals surface area contributed by atoms with Crippen molar-refractivity contribution in [3.63, 3.8) is 0 Å². The number of nitrogens with one attached hydrogen (secondary N) is 3. The van der Waals surface area contributed by atoms with Gasteiger partial charge in [-0.25, -0.2) is 9.97 Å². The van der Waals surface area contributed by atoms with Crippen molar-refractivity contribution < 1.29 is 4.79 Å². The average Bonchev–Trinajstić information content (AvgIpc) is 3.25. The Balaban J connectivity index is 1.37. The number of aromatic amines is 1. The van der Waals surface area contributed by atoms with Crippen LogP contribution in [0.3, 0.4) is 0 Å². The number of anilines is 4. The third-order valence-electron chi connectivity index (χ3n) is 4.94. The second-order valence-electron chi connectivity index (χ2n) is 7.16. The Labute approximate surface area is 183 Å². The molecule has 0 aliphatic heterocycles. The highest BCUT2D eigenvalue weighted by Crippen LogP contribution is 2.24. The number of aromatic nitrogens is 4. The lowest BCUT2D eigenvalue weighted by molar-refractivity contribution is 0.102. The summed E-state index contributed by atoms with van der Waals surface area (Å²) in [4.78, 5) is 28.8. The first-order valence-electron chi connectivity index (χ1n) is 9.95. The van der Waals surface area contributed by atoms with E-state index in [-0.39, 0.29) is 5.91 Å². The predicted octanol–water partition coefficient (Wildman–Crippen LogP) is 4.60. The Morgan fingerprint density at radius 3 is 2.72 bits per heavy atom. The number of pyridine rings is 1. The average molecular weight is 421 g/mol. The fourth-order valence-electron chi connectivity index (χ4n) is 3.36. The molecule has 3 aromatic heterocycles. The van der Waals surface area contributed by atoms with E-state index in [1.54, 1.807) is 36.8 Å². The standard InChI is InChI=1S/C24H19N7O/c25-18-5-1-2-6-21(18)30-23(32)22-13-16-12-17(7-8-19(16)29-22)28-24-27-11-9-20(31-24)15-4-3-10-26-14-15/h1-14,29H,25H2,(H,30,32)(H,27,28,31). The number of para-hydroxylation sites is 2. The van der Waals surface area contributed by atoms with Gasteiger partial charge in [-0.1, -0.05) is 12.1 Å². The Morgan fingerprint density at radius 2 is 1.88 bits per heavy atom. The molecular weight excluding hydrogens is 402 g/mol. The summed E-state index contributed by atoms with van der Waals surface area (Å²) in [6.45, 7) is 0. The van der Waals surface area contributed by atoms with Gasteiger partial charge in [0.1, 0.15) is 5.69 Å². The van der Waals surface area contributed by atoms with Gasteiger partial charge in [0.2, 0.25) is 5.95 Å². The summed E-state index contributed by atoms with van der Waals surface area (Å²) < 4.78 is 0. The smallest absolute Gasteiger partial charge is 0.272 e. The lowest BCUT2D eigenvalue weighted by atomic mass is 10.2. The van der Waals surface area contributed by atoms with Crippen molar-refractivity contribution >= 4 is 39.8 Å². The Bertz CT molecular complexity index is 1410. The molecule has 0 spiro atoms. The third-order valence-corrected chi connectivity index (χ3v) is 4.94. The van der Waals surface area contributed by atoms with Crippen molar-refractivity contribution in [3.05, 3.63) is 91.0 Å². The maximum absolute atomic E-state index is 12.6. The third kappa shape index (κ3) is 3.97. The second kappa shape index (κ2) is 8.19. The fraction of sp³-hybridized carbons (Fsp3) is 0. The van der Waals surface area contributed by atoms with Gasteiger partial charge < -0.3 is 21.4 Å². The minimum Gasteiger partial charge on any atom is -0.397 e. The van der Waals surface area contributed by atoms with E-state index < -0.39 is 0 Å². The van der Waals surface area contributed by atoms with Gasteiger partial charge in [0.15, 0.2) is 0 Å². The molecule has 0 radical (unpaired) electrons. The number of benzene rings is 2. The minimum absolute atomic E-state index is 0.263. The molecule has 5 rings (SSSR count). The SMILES string of the molecule is Nc1ccccc1NC(=O)c1cc2cc(Nc3nccc(-c4cccnc4)n3)ccc2[nH]1. The Hall–Kier alpha value is -4.72. The summed E-state index contributed by atoms with van der Waals surface area (Å²) in [6, 6.07) is 20.3. The number of carbonyl (C=O) groups excluding carboxylic acids is 1. The van der Waals surface area contributed by atoms with E-state index in [9.17, 15) is 4.79 Å². The molecule has 0 saturated heterocycles. The van der Waals surface area contributed by atoms with Gasteiger partial charge in [0.25, 0.3) is 5.91 Å². The molecule has 5 N–H and O–H groups in total. The molecule has 5 aromatic rings. The number of fused-ring (bicyclic) bond motifs is 1. The van der Waals surface area contributed by atoms with Crippen molar-refractivity contribution in [1.29, 1.82) is 0 Å². The van der Waals surface area contributed by atoms with Gasteiger partial charge in [-0.15, -0.1) is 0 Å². The van der Waals surface area contributed by atoms with E-state index >= 15 is 0 Å². The molecule has 0 saturated carbocycles. The molecule has 1 amide bonds. The molecule has 8 nitrogen and oxygen atoms in total. The van der Waals surface area contributed by atoms with Crippen LogP contribution in [0.1, 0.15) is 10.5 Å². The highest BCUT2D eigenvalue weighted by atomic mass is 16.1. The van der Waals surface area contributed by atoms with Crippen LogP contribution in [0.4, 0.5) is 23.0 Å². The maximum atomic E-state index is 12.6. The maximum Gasteiger partial charge on any atom is 0.272 e. The zero-order valence-corrected chi connectivity index (χ0v) is 16.9. The van der Waals surface area contributed by atoms with Gasteiger partial charge in [0, 0.05) is 40.7 Å². The number of nitrogen functional groups attached to an aromatic ring is 1. The summed E-state index contributed by atoms with van der Waals surface area (Å²) in [5, 5.41) is 6.93. The zero-order chi connectivity index (χ0) is 21.9. The highest BCUT2D eigenvalue weighted by Gasteiger charge is 2.12. The van der Waals surface area contributed by atoms with Crippen molar-refractivity contribution in [2.45, 2.75) is 0 Å². The van der Waals surface area contributed by atoms with E-state index in [0.717, 1.165) is 27.8 Å². The molecule has 156 valence electrons. The first-order chi connectivity index (χ1) is 15.7. The second-order valence-corrected chi connectivity index (χ2v) is 7.16. The van der Waals surface area contributed by atoms with Gasteiger partial charge in [0.05, 0.1) is 17.1 Å². The quantitative estimate of drug-likeness (QED) is 0.308. The molecular formula is C24H19N7O. The van der Waals surface area contributed by atoms with Crippen LogP contribution < -0.4 is 16.4 Å². The summed E-state index contributed by atoms with van der Waals surface area (Å²) in [7, 11) is 0. The number of H-pyrrole nitrogens is 1. The summed E-state index contributed by atoms with van der Waals surface area (Å²) in [5.41, 5.74) is 10.8. The van der Waals surface area contributed by atoms with E-state index in [0.29, 0.717) is 23.0 Å². The van der Waals surface area contributed by atoms with E-state index in [2.05, 4.69) is 30.6 Å². The molecule has 0 aliphatic rings. The fourth-order valence-corrected chi connectivity index (χ4v) is 3.36. The van der Waals surface area contributed by atoms with Crippen LogP contribution in [0, 0.1) is 0 Å². The number of rotatable bonds is 5. The first kappa shape index (κ1) is 19.3. The minimum atomic E-state index is -0.263. The Kier molecular flexibility index (Phi) is 4.93. The molecule has 3 heterocycles. The molecule has 0 aliphatic carbocycles. The van der Waals surface area contributed by atoms with E-state index in [4.69, 9.17) is 5.73 Å². The molecule has 0 bridgehead atoms. The lowest BCUT2D eigenvalue weighted by Crippen LogP contribution is -2.13. The molecule has 32 heavy (non-hydrogen) atoms. The lowest BCUT2D eigenvalue weighted by Gasteiger charge is -2.06. The largest absolute Gasteiger partial charge is 0.397 e. The zero-order valence-electron chi connectivity index (χ0n) is 16.9. The van der Waals surface area contributed by atoms with Crippen LogP contribution in [-0.4, -0.2) is 25.8 Å². The molecule has 0 unspecified atom stereocenters. The predicted molar refractivity (Wildman–Crippen MR) is 126 cm³/mol. The van der Waals surface area contributed by atoms with Crippen LogP contribution in [0.5, 0.6) is 0 Å². The van der Waals surface area contributed by atoms with Gasteiger partial charge in [-0.2, -0.15) is 0 Å². The topological polar surface area (TPSA) is 122 Å². The van der Waals surface area contributed by atoms with Crippen LogP contribution >= 0.6 is 0 Å². The molecule has 2 aromatic carbocycles. The van der Waals surface area contributed by atoms with Crippen LogP contribution in [0.25, 0.3) is 22.2 Å². The number of hydrogen-bond acceptors (Lipinski definition) is 6. The number of nitrogens with two attached hydrogens (primary N) is 1. The summed E-state index contributed by atoms with van der Waals surface area (Å²) in [5.74, 6) is 0.208. The molecule has 0 fully saturated rings. The van der Waals surface area contributed by atoms with Gasteiger partial charge in [-0.05, 0) is 54.6 Å². The molecule has 0 atom stereocenters. The Morgan fingerprint density at radius 1 is 0.969 bits per heavy atom. The van der Waals surface area contributed by atoms with Crippen molar-refractivity contribution in [1.82, 2.24) is 19.9 Å². The normalized spacial score (nSPS) is 10.8. The first-order valence-corrected chi connectivity index (χ1v) is 9.95. The van der Waals surface area contributed by atoms with Crippen LogP contribution in [0.2, 0.25) is 0 Å².